The van der Waals surface area contributed by atoms with E-state index < -0.39 is 0 Å². The number of carbonyl (C=O) groups excluding carboxylic acids is 1. The van der Waals surface area contributed by atoms with E-state index in [1.807, 2.05) is 11.0 Å². The number of aryl methyl sites for hydroxylation is 1. The van der Waals surface area contributed by atoms with Crippen molar-refractivity contribution in [1.82, 2.24) is 4.90 Å². The predicted molar refractivity (Wildman–Crippen MR) is 99.5 cm³/mol. The van der Waals surface area contributed by atoms with Gasteiger partial charge in [0.05, 0.1) is 12.1 Å². The van der Waals surface area contributed by atoms with Crippen molar-refractivity contribution in [2.24, 2.45) is 0 Å². The fraction of sp³-hybridized carbons (Fsp3) is 0.400. The van der Waals surface area contributed by atoms with E-state index in [1.165, 1.54) is 22.3 Å². The quantitative estimate of drug-likeness (QED) is 0.841. The lowest BCUT2D eigenvalue weighted by Gasteiger charge is -2.21. The number of carbonyl (C=O) groups is 1. The molecule has 0 saturated heterocycles. The van der Waals surface area contributed by atoms with Crippen molar-refractivity contribution in [3.8, 4) is 6.07 Å². The molecule has 1 fully saturated rings. The molecule has 0 spiro atoms. The molecular formula is C20H20FN3OS. The maximum absolute atomic E-state index is 13.9. The lowest BCUT2D eigenvalue weighted by Crippen LogP contribution is -2.34. The maximum Gasteiger partial charge on any atom is 0.239 e. The summed E-state index contributed by atoms with van der Waals surface area (Å²) in [6.07, 6.45) is 5.08. The molecule has 4 rings (SSSR count). The van der Waals surface area contributed by atoms with Crippen LogP contribution in [0.4, 0.5) is 9.39 Å². The Labute approximate surface area is 156 Å². The summed E-state index contributed by atoms with van der Waals surface area (Å²) in [5, 5.41) is 13.0. The first-order chi connectivity index (χ1) is 12.7. The van der Waals surface area contributed by atoms with Crippen molar-refractivity contribution in [3.05, 3.63) is 51.7 Å². The van der Waals surface area contributed by atoms with E-state index in [0.717, 1.165) is 37.7 Å². The second-order valence-electron chi connectivity index (χ2n) is 6.95. The Morgan fingerprint density at radius 3 is 2.88 bits per heavy atom. The topological polar surface area (TPSA) is 56.1 Å². The van der Waals surface area contributed by atoms with Gasteiger partial charge in [-0.1, -0.05) is 18.2 Å². The van der Waals surface area contributed by atoms with E-state index in [0.29, 0.717) is 28.7 Å². The van der Waals surface area contributed by atoms with Crippen molar-refractivity contribution in [2.45, 2.75) is 44.7 Å². The molecule has 0 radical (unpaired) electrons. The van der Waals surface area contributed by atoms with Crippen LogP contribution in [0.1, 0.15) is 40.8 Å². The molecule has 1 amide bonds. The molecule has 0 atom stereocenters. The lowest BCUT2D eigenvalue weighted by molar-refractivity contribution is -0.117. The van der Waals surface area contributed by atoms with Crippen LogP contribution < -0.4 is 5.32 Å². The van der Waals surface area contributed by atoms with Gasteiger partial charge in [-0.05, 0) is 43.7 Å². The molecule has 2 aliphatic carbocycles. The van der Waals surface area contributed by atoms with Gasteiger partial charge in [-0.15, -0.1) is 11.3 Å². The van der Waals surface area contributed by atoms with Crippen LogP contribution in [-0.4, -0.2) is 23.4 Å². The van der Waals surface area contributed by atoms with Crippen molar-refractivity contribution in [2.75, 3.05) is 11.9 Å². The predicted octanol–water partition coefficient (Wildman–Crippen LogP) is 3.85. The van der Waals surface area contributed by atoms with Crippen molar-refractivity contribution in [1.29, 1.82) is 5.26 Å². The van der Waals surface area contributed by atoms with Crippen LogP contribution in [0.2, 0.25) is 0 Å². The Kier molecular flexibility index (Phi) is 4.75. The number of rotatable bonds is 6. The third-order valence-electron chi connectivity index (χ3n) is 5.03. The highest BCUT2D eigenvalue weighted by Crippen LogP contribution is 2.38. The van der Waals surface area contributed by atoms with Crippen LogP contribution in [0, 0.1) is 17.1 Å². The van der Waals surface area contributed by atoms with Crippen LogP contribution in [0.3, 0.4) is 0 Å². The first-order valence-corrected chi connectivity index (χ1v) is 9.79. The van der Waals surface area contributed by atoms with Gasteiger partial charge in [-0.2, -0.15) is 5.26 Å². The Balaban J connectivity index is 1.45. The minimum absolute atomic E-state index is 0.135. The summed E-state index contributed by atoms with van der Waals surface area (Å²) >= 11 is 1.53. The number of nitriles is 1. The second-order valence-corrected chi connectivity index (χ2v) is 8.05. The molecule has 1 aromatic heterocycles. The first-order valence-electron chi connectivity index (χ1n) is 8.97. The SMILES string of the molecule is N#Cc1c(NC(=O)CN(Cc2ccccc2F)C2CC2)sc2c1CCC2. The summed E-state index contributed by atoms with van der Waals surface area (Å²) in [6.45, 7) is 0.642. The molecule has 2 aromatic rings. The van der Waals surface area contributed by atoms with E-state index in [1.54, 1.807) is 12.1 Å². The van der Waals surface area contributed by atoms with Crippen LogP contribution in [-0.2, 0) is 24.2 Å². The van der Waals surface area contributed by atoms with E-state index in [4.69, 9.17) is 0 Å². The normalized spacial score (nSPS) is 15.7. The molecule has 26 heavy (non-hydrogen) atoms. The number of thiophene rings is 1. The zero-order valence-corrected chi connectivity index (χ0v) is 15.2. The molecule has 6 heteroatoms. The summed E-state index contributed by atoms with van der Waals surface area (Å²) in [6, 6.07) is 9.29. The van der Waals surface area contributed by atoms with Crippen LogP contribution in [0.5, 0.6) is 0 Å². The van der Waals surface area contributed by atoms with Gasteiger partial charge in [0.1, 0.15) is 16.9 Å². The van der Waals surface area contributed by atoms with Gasteiger partial charge in [0, 0.05) is 23.0 Å². The fourth-order valence-electron chi connectivity index (χ4n) is 3.56. The number of nitrogens with one attached hydrogen (secondary N) is 1. The van der Waals surface area contributed by atoms with Crippen molar-refractivity contribution in [3.63, 3.8) is 0 Å². The Hall–Kier alpha value is -2.23. The van der Waals surface area contributed by atoms with Crippen LogP contribution in [0.25, 0.3) is 0 Å². The Morgan fingerprint density at radius 1 is 1.35 bits per heavy atom. The van der Waals surface area contributed by atoms with Gasteiger partial charge < -0.3 is 5.32 Å². The number of benzene rings is 1. The zero-order chi connectivity index (χ0) is 18.1. The molecular weight excluding hydrogens is 349 g/mol. The number of nitrogens with zero attached hydrogens (tertiary/aromatic N) is 2. The largest absolute Gasteiger partial charge is 0.315 e. The van der Waals surface area contributed by atoms with Gasteiger partial charge in [0.2, 0.25) is 5.91 Å². The van der Waals surface area contributed by atoms with E-state index in [9.17, 15) is 14.4 Å². The number of hydrogen-bond donors (Lipinski definition) is 1. The summed E-state index contributed by atoms with van der Waals surface area (Å²) in [4.78, 5) is 15.8. The molecule has 4 nitrogen and oxygen atoms in total. The van der Waals surface area contributed by atoms with Crippen LogP contribution in [0.15, 0.2) is 24.3 Å². The number of amides is 1. The summed E-state index contributed by atoms with van der Waals surface area (Å²) in [5.74, 6) is -0.371. The monoisotopic (exact) mass is 369 g/mol. The maximum atomic E-state index is 13.9. The number of anilines is 1. The second kappa shape index (κ2) is 7.18. The minimum atomic E-state index is -0.236. The molecule has 0 aliphatic heterocycles. The van der Waals surface area contributed by atoms with Gasteiger partial charge >= 0.3 is 0 Å². The zero-order valence-electron chi connectivity index (χ0n) is 14.4. The highest BCUT2D eigenvalue weighted by atomic mass is 32.1. The van der Waals surface area contributed by atoms with Crippen molar-refractivity contribution < 1.29 is 9.18 Å². The molecule has 134 valence electrons. The van der Waals surface area contributed by atoms with Gasteiger partial charge in [0.25, 0.3) is 0 Å². The smallest absolute Gasteiger partial charge is 0.239 e. The standard InChI is InChI=1S/C20H20FN3OS/c21-17-6-2-1-4-13(17)11-24(14-8-9-14)12-19(25)23-20-16(10-22)15-5-3-7-18(15)26-20/h1-2,4,6,14H,3,5,7-9,11-12H2,(H,23,25). The molecule has 1 heterocycles. The van der Waals surface area contributed by atoms with E-state index in [2.05, 4.69) is 11.4 Å². The average molecular weight is 369 g/mol. The Bertz CT molecular complexity index is 882. The lowest BCUT2D eigenvalue weighted by atomic mass is 10.1. The fourth-order valence-corrected chi connectivity index (χ4v) is 4.82. The van der Waals surface area contributed by atoms with Gasteiger partial charge in [-0.3, -0.25) is 9.69 Å². The number of fused-ring (bicyclic) bond motifs is 1. The average Bonchev–Trinajstić information content (AvgIpc) is 3.28. The van der Waals surface area contributed by atoms with Crippen molar-refractivity contribution >= 4 is 22.2 Å². The molecule has 2 aliphatic rings. The highest BCUT2D eigenvalue weighted by molar-refractivity contribution is 7.16. The van der Waals surface area contributed by atoms with Gasteiger partial charge in [0.15, 0.2) is 0 Å². The highest BCUT2D eigenvalue weighted by Gasteiger charge is 2.31. The van der Waals surface area contributed by atoms with Crippen LogP contribution >= 0.6 is 11.3 Å². The third-order valence-corrected chi connectivity index (χ3v) is 6.23. The first kappa shape index (κ1) is 17.2. The number of hydrogen-bond acceptors (Lipinski definition) is 4. The van der Waals surface area contributed by atoms with Gasteiger partial charge in [-0.25, -0.2) is 4.39 Å². The molecule has 1 saturated carbocycles. The van der Waals surface area contributed by atoms with E-state index >= 15 is 0 Å². The molecule has 0 unspecified atom stereocenters. The third kappa shape index (κ3) is 3.50. The number of halogens is 1. The molecule has 0 bridgehead atoms. The minimum Gasteiger partial charge on any atom is -0.315 e. The summed E-state index contributed by atoms with van der Waals surface area (Å²) in [7, 11) is 0. The summed E-state index contributed by atoms with van der Waals surface area (Å²) < 4.78 is 13.9. The Morgan fingerprint density at radius 2 is 2.15 bits per heavy atom. The molecule has 1 aromatic carbocycles. The molecule has 1 N–H and O–H groups in total. The summed E-state index contributed by atoms with van der Waals surface area (Å²) in [5.41, 5.74) is 2.35. The van der Waals surface area contributed by atoms with E-state index in [-0.39, 0.29) is 18.3 Å².